The van der Waals surface area contributed by atoms with E-state index in [1.54, 1.807) is 6.07 Å². The maximum absolute atomic E-state index is 11.9. The van der Waals surface area contributed by atoms with Gasteiger partial charge in [-0.25, -0.2) is 0 Å². The number of rotatable bonds is 2. The highest BCUT2D eigenvalue weighted by Gasteiger charge is 2.35. The molecule has 0 saturated heterocycles. The van der Waals surface area contributed by atoms with E-state index in [4.69, 9.17) is 0 Å². The lowest BCUT2D eigenvalue weighted by molar-refractivity contribution is -0.113. The summed E-state index contributed by atoms with van der Waals surface area (Å²) in [5, 5.41) is 0. The number of carbonyl (C=O) groups is 2. The van der Waals surface area contributed by atoms with Crippen molar-refractivity contribution in [1.82, 2.24) is 0 Å². The molecule has 0 fully saturated rings. The number of hydrogen-bond donors (Lipinski definition) is 0. The van der Waals surface area contributed by atoms with Crippen LogP contribution in [0.2, 0.25) is 0 Å². The quantitative estimate of drug-likeness (QED) is 0.611. The van der Waals surface area contributed by atoms with Crippen LogP contribution < -0.4 is 0 Å². The van der Waals surface area contributed by atoms with E-state index in [1.807, 2.05) is 24.3 Å². The van der Waals surface area contributed by atoms with E-state index in [1.165, 1.54) is 18.1 Å². The standard InChI is InChI=1S/C18H16O2/c1-11(19)17(20)12-8-9-14-13-6-4-5-7-15(13)18(2,3)16(14)10-12/h4-10H,1-3H3. The van der Waals surface area contributed by atoms with Crippen molar-refractivity contribution in [2.75, 3.05) is 0 Å². The molecule has 2 aromatic rings. The second-order valence-electron chi connectivity index (χ2n) is 5.82. The van der Waals surface area contributed by atoms with Crippen molar-refractivity contribution in [3.8, 4) is 11.1 Å². The zero-order chi connectivity index (χ0) is 14.5. The first kappa shape index (κ1) is 12.8. The van der Waals surface area contributed by atoms with Crippen molar-refractivity contribution in [1.29, 1.82) is 0 Å². The lowest BCUT2D eigenvalue weighted by Crippen LogP contribution is -2.16. The highest BCUT2D eigenvalue weighted by molar-refractivity contribution is 6.43. The number of ketones is 2. The Bertz CT molecular complexity index is 739. The summed E-state index contributed by atoms with van der Waals surface area (Å²) in [6.07, 6.45) is 0. The van der Waals surface area contributed by atoms with Crippen LogP contribution in [0.1, 0.15) is 42.3 Å². The Balaban J connectivity index is 2.23. The molecule has 0 atom stereocenters. The van der Waals surface area contributed by atoms with E-state index in [9.17, 15) is 9.59 Å². The summed E-state index contributed by atoms with van der Waals surface area (Å²) in [4.78, 5) is 23.2. The van der Waals surface area contributed by atoms with Gasteiger partial charge in [0.15, 0.2) is 5.78 Å². The maximum Gasteiger partial charge on any atom is 0.228 e. The van der Waals surface area contributed by atoms with Crippen LogP contribution in [0, 0.1) is 0 Å². The molecule has 1 aliphatic carbocycles. The van der Waals surface area contributed by atoms with Crippen molar-refractivity contribution in [3.05, 3.63) is 59.2 Å². The average Bonchev–Trinajstić information content (AvgIpc) is 2.67. The van der Waals surface area contributed by atoms with Gasteiger partial charge in [0.2, 0.25) is 5.78 Å². The fourth-order valence-electron chi connectivity index (χ4n) is 3.05. The summed E-state index contributed by atoms with van der Waals surface area (Å²) in [6.45, 7) is 5.62. The molecule has 2 heteroatoms. The van der Waals surface area contributed by atoms with Crippen LogP contribution in [0.3, 0.4) is 0 Å². The molecule has 0 radical (unpaired) electrons. The third kappa shape index (κ3) is 1.64. The lowest BCUT2D eigenvalue weighted by Gasteiger charge is -2.21. The Hall–Kier alpha value is -2.22. The first-order valence-corrected chi connectivity index (χ1v) is 6.72. The summed E-state index contributed by atoms with van der Waals surface area (Å²) < 4.78 is 0. The van der Waals surface area contributed by atoms with E-state index in [-0.39, 0.29) is 5.41 Å². The predicted octanol–water partition coefficient (Wildman–Crippen LogP) is 3.76. The minimum absolute atomic E-state index is 0.140. The number of carbonyl (C=O) groups excluding carboxylic acids is 2. The van der Waals surface area contributed by atoms with Crippen molar-refractivity contribution >= 4 is 11.6 Å². The minimum atomic E-state index is -0.418. The molecular weight excluding hydrogens is 248 g/mol. The molecule has 20 heavy (non-hydrogen) atoms. The molecule has 0 N–H and O–H groups in total. The van der Waals surface area contributed by atoms with E-state index in [0.29, 0.717) is 5.56 Å². The van der Waals surface area contributed by atoms with Gasteiger partial charge in [0.1, 0.15) is 0 Å². The molecule has 3 rings (SSSR count). The third-order valence-corrected chi connectivity index (χ3v) is 4.17. The Morgan fingerprint density at radius 1 is 0.900 bits per heavy atom. The molecule has 1 aliphatic rings. The Morgan fingerprint density at radius 2 is 1.55 bits per heavy atom. The lowest BCUT2D eigenvalue weighted by atomic mass is 9.82. The van der Waals surface area contributed by atoms with Gasteiger partial charge < -0.3 is 0 Å². The molecule has 0 heterocycles. The Labute approximate surface area is 118 Å². The van der Waals surface area contributed by atoms with Crippen molar-refractivity contribution in [3.63, 3.8) is 0 Å². The molecule has 0 aliphatic heterocycles. The molecule has 0 bridgehead atoms. The minimum Gasteiger partial charge on any atom is -0.291 e. The van der Waals surface area contributed by atoms with Gasteiger partial charge in [0.25, 0.3) is 0 Å². The van der Waals surface area contributed by atoms with Crippen molar-refractivity contribution < 1.29 is 9.59 Å². The predicted molar refractivity (Wildman–Crippen MR) is 79.0 cm³/mol. The van der Waals surface area contributed by atoms with Crippen LogP contribution in [0.5, 0.6) is 0 Å². The first-order valence-electron chi connectivity index (χ1n) is 6.72. The number of hydrogen-bond acceptors (Lipinski definition) is 2. The van der Waals surface area contributed by atoms with Gasteiger partial charge in [-0.2, -0.15) is 0 Å². The molecular formula is C18H16O2. The van der Waals surface area contributed by atoms with Crippen LogP contribution in [0.15, 0.2) is 42.5 Å². The van der Waals surface area contributed by atoms with Crippen LogP contribution in [0.4, 0.5) is 0 Å². The normalized spacial score (nSPS) is 14.6. The molecule has 2 nitrogen and oxygen atoms in total. The molecule has 0 unspecified atom stereocenters. The van der Waals surface area contributed by atoms with Crippen LogP contribution in [0.25, 0.3) is 11.1 Å². The van der Waals surface area contributed by atoms with Crippen LogP contribution in [-0.2, 0) is 10.2 Å². The largest absolute Gasteiger partial charge is 0.291 e. The Morgan fingerprint density at radius 3 is 2.25 bits per heavy atom. The molecule has 0 amide bonds. The van der Waals surface area contributed by atoms with E-state index >= 15 is 0 Å². The van der Waals surface area contributed by atoms with Crippen molar-refractivity contribution in [2.24, 2.45) is 0 Å². The van der Waals surface area contributed by atoms with Gasteiger partial charge in [0, 0.05) is 17.9 Å². The van der Waals surface area contributed by atoms with Gasteiger partial charge in [-0.1, -0.05) is 50.2 Å². The second-order valence-corrected chi connectivity index (χ2v) is 5.82. The second kappa shape index (κ2) is 4.14. The molecule has 0 saturated carbocycles. The summed E-state index contributed by atoms with van der Waals surface area (Å²) in [5.74, 6) is -0.835. The number of Topliss-reactive ketones (excluding diaryl/α,β-unsaturated/α-hetero) is 2. The van der Waals surface area contributed by atoms with E-state index in [0.717, 1.165) is 11.1 Å². The number of fused-ring (bicyclic) bond motifs is 3. The van der Waals surface area contributed by atoms with Gasteiger partial charge in [0.05, 0.1) is 0 Å². The van der Waals surface area contributed by atoms with E-state index < -0.39 is 11.6 Å². The zero-order valence-corrected chi connectivity index (χ0v) is 11.9. The van der Waals surface area contributed by atoms with Crippen LogP contribution in [-0.4, -0.2) is 11.6 Å². The van der Waals surface area contributed by atoms with Crippen LogP contribution >= 0.6 is 0 Å². The van der Waals surface area contributed by atoms with Gasteiger partial charge >= 0.3 is 0 Å². The monoisotopic (exact) mass is 264 g/mol. The average molecular weight is 264 g/mol. The fraction of sp³-hybridized carbons (Fsp3) is 0.222. The molecule has 2 aromatic carbocycles. The summed E-state index contributed by atoms with van der Waals surface area (Å²) in [7, 11) is 0. The summed E-state index contributed by atoms with van der Waals surface area (Å²) in [5.41, 5.74) is 5.10. The highest BCUT2D eigenvalue weighted by atomic mass is 16.2. The van der Waals surface area contributed by atoms with Crippen molar-refractivity contribution in [2.45, 2.75) is 26.2 Å². The fourth-order valence-corrected chi connectivity index (χ4v) is 3.05. The zero-order valence-electron chi connectivity index (χ0n) is 11.9. The van der Waals surface area contributed by atoms with E-state index in [2.05, 4.69) is 26.0 Å². The molecule has 100 valence electrons. The first-order chi connectivity index (χ1) is 9.43. The molecule has 0 aromatic heterocycles. The Kier molecular flexibility index (Phi) is 2.65. The van der Waals surface area contributed by atoms with Gasteiger partial charge in [-0.15, -0.1) is 0 Å². The summed E-state index contributed by atoms with van der Waals surface area (Å²) in [6, 6.07) is 13.9. The highest BCUT2D eigenvalue weighted by Crippen LogP contribution is 2.48. The number of benzene rings is 2. The smallest absolute Gasteiger partial charge is 0.228 e. The summed E-state index contributed by atoms with van der Waals surface area (Å²) >= 11 is 0. The third-order valence-electron chi connectivity index (χ3n) is 4.17. The maximum atomic E-state index is 11.9. The SMILES string of the molecule is CC(=O)C(=O)c1ccc2c(c1)C(C)(C)c1ccccc1-2. The molecule has 0 spiro atoms. The van der Waals surface area contributed by atoms with Gasteiger partial charge in [-0.3, -0.25) is 9.59 Å². The van der Waals surface area contributed by atoms with Gasteiger partial charge in [-0.05, 0) is 28.3 Å². The topological polar surface area (TPSA) is 34.1 Å².